The zero-order chi connectivity index (χ0) is 18.6. The average Bonchev–Trinajstić information content (AvgIpc) is 2.68. The molecule has 0 saturated heterocycles. The Morgan fingerprint density at radius 2 is 2.00 bits per heavy atom. The number of rotatable bonds is 6. The normalized spacial score (nSPS) is 30.9. The van der Waals surface area contributed by atoms with Gasteiger partial charge in [0.15, 0.2) is 5.78 Å². The number of methoxy groups -OCH3 is 1. The number of fused-ring (bicyclic) bond motifs is 1. The highest BCUT2D eigenvalue weighted by Gasteiger charge is 2.44. The molecule has 0 aromatic heterocycles. The maximum atomic E-state index is 12.8. The lowest BCUT2D eigenvalue weighted by molar-refractivity contribution is 0.0576. The minimum atomic E-state index is -0.463. The van der Waals surface area contributed by atoms with Crippen molar-refractivity contribution >= 4 is 5.78 Å². The van der Waals surface area contributed by atoms with Gasteiger partial charge in [-0.25, -0.2) is 0 Å². The molecule has 0 heterocycles. The van der Waals surface area contributed by atoms with Gasteiger partial charge in [-0.2, -0.15) is 5.26 Å². The molecule has 1 aromatic carbocycles. The molecular formula is C23H31NO2. The highest BCUT2D eigenvalue weighted by Crippen LogP contribution is 2.51. The number of ether oxygens (including phenoxy) is 1. The molecule has 26 heavy (non-hydrogen) atoms. The fourth-order valence-electron chi connectivity index (χ4n) is 5.27. The van der Waals surface area contributed by atoms with E-state index in [1.807, 2.05) is 24.3 Å². The first-order valence-electron chi connectivity index (χ1n) is 10.2. The van der Waals surface area contributed by atoms with Crippen LogP contribution in [0.1, 0.15) is 75.1 Å². The monoisotopic (exact) mass is 353 g/mol. The molecule has 2 aliphatic carbocycles. The van der Waals surface area contributed by atoms with Crippen LogP contribution in [-0.4, -0.2) is 12.9 Å². The molecule has 0 bridgehead atoms. The Balaban J connectivity index is 1.65. The van der Waals surface area contributed by atoms with Crippen molar-refractivity contribution in [3.8, 4) is 11.8 Å². The predicted octanol–water partition coefficient (Wildman–Crippen LogP) is 5.79. The number of carbonyl (C=O) groups is 1. The third kappa shape index (κ3) is 4.11. The molecule has 0 radical (unpaired) electrons. The largest absolute Gasteiger partial charge is 0.497 e. The van der Waals surface area contributed by atoms with Crippen molar-refractivity contribution in [1.82, 2.24) is 0 Å². The van der Waals surface area contributed by atoms with Gasteiger partial charge in [-0.1, -0.05) is 26.2 Å². The quantitative estimate of drug-likeness (QED) is 0.608. The number of hydrogen-bond donors (Lipinski definition) is 0. The minimum absolute atomic E-state index is 0.0901. The molecule has 2 saturated carbocycles. The van der Waals surface area contributed by atoms with Gasteiger partial charge in [-0.3, -0.25) is 4.79 Å². The maximum absolute atomic E-state index is 12.8. The first-order chi connectivity index (χ1) is 12.6. The Hall–Kier alpha value is -1.82. The first-order valence-corrected chi connectivity index (χ1v) is 10.2. The van der Waals surface area contributed by atoms with E-state index < -0.39 is 5.41 Å². The van der Waals surface area contributed by atoms with Crippen LogP contribution >= 0.6 is 0 Å². The lowest BCUT2D eigenvalue weighted by Gasteiger charge is -2.45. The number of hydrogen-bond acceptors (Lipinski definition) is 3. The van der Waals surface area contributed by atoms with Crippen LogP contribution < -0.4 is 4.74 Å². The highest BCUT2D eigenvalue weighted by atomic mass is 16.5. The van der Waals surface area contributed by atoms with Crippen LogP contribution in [0.15, 0.2) is 24.3 Å². The Bertz CT molecular complexity index is 660. The van der Waals surface area contributed by atoms with E-state index in [-0.39, 0.29) is 5.78 Å². The molecule has 4 atom stereocenters. The van der Waals surface area contributed by atoms with E-state index in [0.717, 1.165) is 36.8 Å². The molecular weight excluding hydrogens is 322 g/mol. The lowest BCUT2D eigenvalue weighted by atomic mass is 9.58. The van der Waals surface area contributed by atoms with Gasteiger partial charge < -0.3 is 4.74 Å². The van der Waals surface area contributed by atoms with Crippen LogP contribution in [0.2, 0.25) is 0 Å². The third-order valence-corrected chi connectivity index (χ3v) is 6.74. The summed E-state index contributed by atoms with van der Waals surface area (Å²) < 4.78 is 5.16. The van der Waals surface area contributed by atoms with Crippen molar-refractivity contribution < 1.29 is 9.53 Å². The van der Waals surface area contributed by atoms with Gasteiger partial charge in [0.05, 0.1) is 18.6 Å². The molecule has 1 aromatic rings. The molecule has 2 aliphatic rings. The van der Waals surface area contributed by atoms with Crippen LogP contribution in [0.25, 0.3) is 0 Å². The fraction of sp³-hybridized carbons (Fsp3) is 0.652. The van der Waals surface area contributed by atoms with E-state index >= 15 is 0 Å². The van der Waals surface area contributed by atoms with Crippen LogP contribution in [0.3, 0.4) is 0 Å². The van der Waals surface area contributed by atoms with Crippen LogP contribution in [0.5, 0.6) is 5.75 Å². The summed E-state index contributed by atoms with van der Waals surface area (Å²) in [5, 5.41) is 9.92. The Kier molecular flexibility index (Phi) is 6.01. The molecule has 0 spiro atoms. The second-order valence-electron chi connectivity index (χ2n) is 8.45. The van der Waals surface area contributed by atoms with Crippen molar-refractivity contribution in [2.24, 2.45) is 23.2 Å². The first kappa shape index (κ1) is 19.0. The summed E-state index contributed by atoms with van der Waals surface area (Å²) in [4.78, 5) is 12.8. The number of Topliss-reactive ketones (excluding diaryl/α,β-unsaturated/α-hetero) is 1. The second kappa shape index (κ2) is 8.25. The van der Waals surface area contributed by atoms with Crippen molar-refractivity contribution in [2.75, 3.05) is 7.11 Å². The molecule has 140 valence electrons. The van der Waals surface area contributed by atoms with E-state index in [1.165, 1.54) is 32.1 Å². The number of carbonyl (C=O) groups excluding carboxylic acids is 1. The molecule has 0 amide bonds. The van der Waals surface area contributed by atoms with Gasteiger partial charge in [0.1, 0.15) is 5.75 Å². The SMILES string of the molecule is CCC[C@@H]1CC[C@@H]2CC(C#N)(CC(=O)c3ccc(OC)cc3)CCC2C1. The minimum Gasteiger partial charge on any atom is -0.497 e. The zero-order valence-electron chi connectivity index (χ0n) is 16.2. The van der Waals surface area contributed by atoms with E-state index in [0.29, 0.717) is 17.9 Å². The summed E-state index contributed by atoms with van der Waals surface area (Å²) in [5.41, 5.74) is 0.227. The fourth-order valence-corrected chi connectivity index (χ4v) is 5.27. The van der Waals surface area contributed by atoms with Crippen molar-refractivity contribution in [2.45, 2.75) is 64.7 Å². The van der Waals surface area contributed by atoms with Gasteiger partial charge in [-0.15, -0.1) is 0 Å². The number of nitriles is 1. The summed E-state index contributed by atoms with van der Waals surface area (Å²) in [5.74, 6) is 3.14. The lowest BCUT2D eigenvalue weighted by Crippen LogP contribution is -2.37. The van der Waals surface area contributed by atoms with Crippen LogP contribution in [-0.2, 0) is 0 Å². The number of benzene rings is 1. The maximum Gasteiger partial charge on any atom is 0.164 e. The van der Waals surface area contributed by atoms with Crippen LogP contribution in [0.4, 0.5) is 0 Å². The van der Waals surface area contributed by atoms with E-state index in [1.54, 1.807) is 7.11 Å². The van der Waals surface area contributed by atoms with E-state index in [2.05, 4.69) is 13.0 Å². The third-order valence-electron chi connectivity index (χ3n) is 6.74. The van der Waals surface area contributed by atoms with E-state index in [9.17, 15) is 10.1 Å². The summed E-state index contributed by atoms with van der Waals surface area (Å²) in [6.07, 6.45) is 9.79. The molecule has 2 unspecified atom stereocenters. The Morgan fingerprint density at radius 1 is 1.23 bits per heavy atom. The number of ketones is 1. The molecule has 3 nitrogen and oxygen atoms in total. The zero-order valence-corrected chi connectivity index (χ0v) is 16.2. The smallest absolute Gasteiger partial charge is 0.164 e. The molecule has 0 aliphatic heterocycles. The topological polar surface area (TPSA) is 50.1 Å². The predicted molar refractivity (Wildman–Crippen MR) is 103 cm³/mol. The van der Waals surface area contributed by atoms with Crippen LogP contribution in [0, 0.1) is 34.5 Å². The Labute approximate surface area is 157 Å². The van der Waals surface area contributed by atoms with Crippen molar-refractivity contribution in [3.05, 3.63) is 29.8 Å². The molecule has 3 rings (SSSR count). The van der Waals surface area contributed by atoms with Gasteiger partial charge in [0, 0.05) is 12.0 Å². The van der Waals surface area contributed by atoms with Gasteiger partial charge in [0.2, 0.25) is 0 Å². The molecule has 3 heteroatoms. The van der Waals surface area contributed by atoms with E-state index in [4.69, 9.17) is 4.74 Å². The summed E-state index contributed by atoms with van der Waals surface area (Å²) in [7, 11) is 1.62. The average molecular weight is 354 g/mol. The molecule has 2 fully saturated rings. The highest BCUT2D eigenvalue weighted by molar-refractivity contribution is 5.96. The van der Waals surface area contributed by atoms with Crippen molar-refractivity contribution in [3.63, 3.8) is 0 Å². The van der Waals surface area contributed by atoms with Gasteiger partial charge in [-0.05, 0) is 74.1 Å². The summed E-state index contributed by atoms with van der Waals surface area (Å²) in [6, 6.07) is 9.83. The van der Waals surface area contributed by atoms with Gasteiger partial charge >= 0.3 is 0 Å². The van der Waals surface area contributed by atoms with Gasteiger partial charge in [0.25, 0.3) is 0 Å². The second-order valence-corrected chi connectivity index (χ2v) is 8.45. The summed E-state index contributed by atoms with van der Waals surface area (Å²) >= 11 is 0. The molecule has 0 N–H and O–H groups in total. The standard InChI is InChI=1S/C23H31NO2/c1-3-4-17-5-6-20-14-23(16-24,12-11-19(20)13-17)15-22(25)18-7-9-21(26-2)10-8-18/h7-10,17,19-20H,3-6,11-15H2,1-2H3/t17-,19?,20-,23?/m1/s1. The summed E-state index contributed by atoms with van der Waals surface area (Å²) in [6.45, 7) is 2.28. The van der Waals surface area contributed by atoms with Crippen molar-refractivity contribution in [1.29, 1.82) is 5.26 Å². The Morgan fingerprint density at radius 3 is 2.65 bits per heavy atom. The number of nitrogens with zero attached hydrogens (tertiary/aromatic N) is 1.